The molecule has 0 spiro atoms. The van der Waals surface area contributed by atoms with Gasteiger partial charge in [0.1, 0.15) is 0 Å². The molecule has 1 N–H and O–H groups in total. The molecule has 1 aromatic carbocycles. The number of benzene rings is 1. The number of allylic oxidation sites excluding steroid dienone is 1. The van der Waals surface area contributed by atoms with Crippen molar-refractivity contribution in [3.63, 3.8) is 0 Å². The van der Waals surface area contributed by atoms with Crippen molar-refractivity contribution in [1.82, 2.24) is 0 Å². The van der Waals surface area contributed by atoms with Gasteiger partial charge in [0.2, 0.25) is 0 Å². The van der Waals surface area contributed by atoms with Crippen molar-refractivity contribution in [2.24, 2.45) is 5.41 Å². The lowest BCUT2D eigenvalue weighted by Crippen LogP contribution is -2.17. The summed E-state index contributed by atoms with van der Waals surface area (Å²) in [5, 5.41) is 9.29. The van der Waals surface area contributed by atoms with Gasteiger partial charge in [0.25, 0.3) is 0 Å². The first-order valence-corrected chi connectivity index (χ1v) is 7.11. The standard InChI is InChI=1S/C16H21BrO2/c1-10-8-12(17)9-11(2)13(10)6-7-14(15(18)19)16(3,4)5/h7-9H,6H2,1-5H3,(H,18,19). The maximum absolute atomic E-state index is 11.3. The van der Waals surface area contributed by atoms with Crippen LogP contribution in [0.15, 0.2) is 28.3 Å². The lowest BCUT2D eigenvalue weighted by molar-refractivity contribution is -0.133. The van der Waals surface area contributed by atoms with Crippen molar-refractivity contribution in [1.29, 1.82) is 0 Å². The summed E-state index contributed by atoms with van der Waals surface area (Å²) in [6.45, 7) is 9.88. The number of carboxylic acids is 1. The van der Waals surface area contributed by atoms with Crippen LogP contribution < -0.4 is 0 Å². The average Bonchev–Trinajstić information content (AvgIpc) is 2.18. The molecule has 0 saturated heterocycles. The number of hydrogen-bond acceptors (Lipinski definition) is 1. The van der Waals surface area contributed by atoms with Crippen molar-refractivity contribution >= 4 is 21.9 Å². The molecule has 0 bridgehead atoms. The van der Waals surface area contributed by atoms with Crippen molar-refractivity contribution in [2.45, 2.75) is 41.0 Å². The maximum Gasteiger partial charge on any atom is 0.331 e. The van der Waals surface area contributed by atoms with Crippen LogP contribution in [0.2, 0.25) is 0 Å². The van der Waals surface area contributed by atoms with Crippen LogP contribution in [0.3, 0.4) is 0 Å². The molecular weight excluding hydrogens is 304 g/mol. The Morgan fingerprint density at radius 2 is 1.74 bits per heavy atom. The highest BCUT2D eigenvalue weighted by Crippen LogP contribution is 2.27. The molecule has 0 aliphatic carbocycles. The second kappa shape index (κ2) is 5.91. The molecule has 0 radical (unpaired) electrons. The van der Waals surface area contributed by atoms with E-state index in [1.54, 1.807) is 0 Å². The highest BCUT2D eigenvalue weighted by atomic mass is 79.9. The smallest absolute Gasteiger partial charge is 0.331 e. The Bertz CT molecular complexity index is 499. The van der Waals surface area contributed by atoms with E-state index in [0.29, 0.717) is 12.0 Å². The summed E-state index contributed by atoms with van der Waals surface area (Å²) in [4.78, 5) is 11.3. The lowest BCUT2D eigenvalue weighted by Gasteiger charge is -2.20. The molecule has 0 saturated carbocycles. The quantitative estimate of drug-likeness (QED) is 0.820. The number of rotatable bonds is 3. The minimum absolute atomic E-state index is 0.344. The summed E-state index contributed by atoms with van der Waals surface area (Å²) in [5.41, 5.74) is 3.69. The zero-order valence-electron chi connectivity index (χ0n) is 12.2. The van der Waals surface area contributed by atoms with Crippen molar-refractivity contribution < 1.29 is 9.90 Å². The van der Waals surface area contributed by atoms with E-state index in [0.717, 1.165) is 4.47 Å². The molecule has 0 aliphatic rings. The largest absolute Gasteiger partial charge is 0.478 e. The summed E-state index contributed by atoms with van der Waals surface area (Å²) >= 11 is 3.47. The van der Waals surface area contributed by atoms with E-state index in [4.69, 9.17) is 0 Å². The van der Waals surface area contributed by atoms with Gasteiger partial charge in [-0.25, -0.2) is 4.79 Å². The minimum Gasteiger partial charge on any atom is -0.478 e. The molecule has 0 unspecified atom stereocenters. The first kappa shape index (κ1) is 16.0. The predicted molar refractivity (Wildman–Crippen MR) is 82.5 cm³/mol. The number of hydrogen-bond donors (Lipinski definition) is 1. The second-order valence-electron chi connectivity index (χ2n) is 5.90. The Kier molecular flexibility index (Phi) is 4.97. The summed E-state index contributed by atoms with van der Waals surface area (Å²) in [5.74, 6) is -0.833. The van der Waals surface area contributed by atoms with Crippen molar-refractivity contribution in [3.05, 3.63) is 44.9 Å². The fraction of sp³-hybridized carbons (Fsp3) is 0.438. The number of aryl methyl sites for hydroxylation is 2. The van der Waals surface area contributed by atoms with Crippen LogP contribution in [0.25, 0.3) is 0 Å². The van der Waals surface area contributed by atoms with E-state index in [2.05, 4.69) is 41.9 Å². The first-order valence-electron chi connectivity index (χ1n) is 6.32. The monoisotopic (exact) mass is 324 g/mol. The van der Waals surface area contributed by atoms with Crippen LogP contribution in [-0.4, -0.2) is 11.1 Å². The van der Waals surface area contributed by atoms with Gasteiger partial charge in [0.05, 0.1) is 0 Å². The van der Waals surface area contributed by atoms with Crippen LogP contribution in [0.4, 0.5) is 0 Å². The molecule has 104 valence electrons. The van der Waals surface area contributed by atoms with Gasteiger partial charge in [-0.2, -0.15) is 0 Å². The van der Waals surface area contributed by atoms with Gasteiger partial charge in [-0.15, -0.1) is 0 Å². The second-order valence-corrected chi connectivity index (χ2v) is 6.81. The first-order chi connectivity index (χ1) is 8.62. The summed E-state index contributed by atoms with van der Waals surface area (Å²) < 4.78 is 1.06. The molecule has 0 aromatic heterocycles. The van der Waals surface area contributed by atoms with Gasteiger partial charge in [-0.1, -0.05) is 42.8 Å². The molecule has 1 aromatic rings. The summed E-state index contributed by atoms with van der Waals surface area (Å²) in [6.07, 6.45) is 2.50. The van der Waals surface area contributed by atoms with Crippen LogP contribution in [0.5, 0.6) is 0 Å². The number of carbonyl (C=O) groups is 1. The van der Waals surface area contributed by atoms with E-state index in [-0.39, 0.29) is 5.41 Å². The Balaban J connectivity index is 3.13. The summed E-state index contributed by atoms with van der Waals surface area (Å²) in [6, 6.07) is 4.13. The Morgan fingerprint density at radius 3 is 2.11 bits per heavy atom. The third-order valence-electron chi connectivity index (χ3n) is 3.21. The molecule has 19 heavy (non-hydrogen) atoms. The topological polar surface area (TPSA) is 37.3 Å². The van der Waals surface area contributed by atoms with Gasteiger partial charge in [-0.05, 0) is 54.5 Å². The van der Waals surface area contributed by atoms with Crippen LogP contribution >= 0.6 is 15.9 Å². The Labute approximate surface area is 123 Å². The predicted octanol–water partition coefficient (Wildman–Crippen LogP) is 4.67. The van der Waals surface area contributed by atoms with E-state index < -0.39 is 5.97 Å². The van der Waals surface area contributed by atoms with Crippen molar-refractivity contribution in [2.75, 3.05) is 0 Å². The zero-order valence-corrected chi connectivity index (χ0v) is 13.8. The average molecular weight is 325 g/mol. The molecule has 0 amide bonds. The number of aliphatic carboxylic acids is 1. The van der Waals surface area contributed by atoms with Crippen LogP contribution in [0, 0.1) is 19.3 Å². The maximum atomic E-state index is 11.3. The summed E-state index contributed by atoms with van der Waals surface area (Å²) in [7, 11) is 0. The van der Waals surface area contributed by atoms with E-state index in [1.807, 2.05) is 26.8 Å². The molecule has 0 heterocycles. The fourth-order valence-electron chi connectivity index (χ4n) is 2.18. The van der Waals surface area contributed by atoms with Crippen molar-refractivity contribution in [3.8, 4) is 0 Å². The zero-order chi connectivity index (χ0) is 14.8. The molecule has 0 atom stereocenters. The Hall–Kier alpha value is -1.09. The lowest BCUT2D eigenvalue weighted by atomic mass is 9.85. The third-order valence-corrected chi connectivity index (χ3v) is 3.67. The molecule has 1 rings (SSSR count). The highest BCUT2D eigenvalue weighted by Gasteiger charge is 2.23. The number of halogens is 1. The van der Waals surface area contributed by atoms with Gasteiger partial charge in [0.15, 0.2) is 0 Å². The SMILES string of the molecule is Cc1cc(Br)cc(C)c1CC=C(C(=O)O)C(C)(C)C. The minimum atomic E-state index is -0.833. The van der Waals surface area contributed by atoms with E-state index >= 15 is 0 Å². The molecule has 3 heteroatoms. The van der Waals surface area contributed by atoms with Gasteiger partial charge >= 0.3 is 5.97 Å². The Morgan fingerprint density at radius 1 is 1.26 bits per heavy atom. The molecular formula is C16H21BrO2. The molecule has 0 fully saturated rings. The fourth-order valence-corrected chi connectivity index (χ4v) is 2.87. The normalized spacial score (nSPS) is 12.6. The molecule has 0 aliphatic heterocycles. The van der Waals surface area contributed by atoms with Crippen LogP contribution in [-0.2, 0) is 11.2 Å². The van der Waals surface area contributed by atoms with Gasteiger partial charge in [-0.3, -0.25) is 0 Å². The van der Waals surface area contributed by atoms with E-state index in [9.17, 15) is 9.90 Å². The highest BCUT2D eigenvalue weighted by molar-refractivity contribution is 9.10. The molecule has 2 nitrogen and oxygen atoms in total. The van der Waals surface area contributed by atoms with Gasteiger partial charge < -0.3 is 5.11 Å². The number of carboxylic acid groups (broad SMARTS) is 1. The van der Waals surface area contributed by atoms with Crippen LogP contribution in [0.1, 0.15) is 37.5 Å². The van der Waals surface area contributed by atoms with E-state index in [1.165, 1.54) is 16.7 Å². The third kappa shape index (κ3) is 4.20. The van der Waals surface area contributed by atoms with Gasteiger partial charge in [0, 0.05) is 10.0 Å².